The standard InChI is InChI=1S/C10H11BrClN3O/c11-10-7(1-2-8(12)14-10)15-5-6(4-13)3-9(15)16/h1-2,6H,3-5,13H2. The minimum absolute atomic E-state index is 0.0836. The summed E-state index contributed by atoms with van der Waals surface area (Å²) < 4.78 is 0.589. The van der Waals surface area contributed by atoms with E-state index in [2.05, 4.69) is 20.9 Å². The summed E-state index contributed by atoms with van der Waals surface area (Å²) in [6.07, 6.45) is 0.506. The zero-order valence-electron chi connectivity index (χ0n) is 8.49. The zero-order valence-corrected chi connectivity index (χ0v) is 10.8. The van der Waals surface area contributed by atoms with Crippen molar-refractivity contribution in [2.45, 2.75) is 6.42 Å². The third-order valence-corrected chi connectivity index (χ3v) is 3.42. The van der Waals surface area contributed by atoms with E-state index < -0.39 is 0 Å². The summed E-state index contributed by atoms with van der Waals surface area (Å²) in [5, 5.41) is 0.401. The van der Waals surface area contributed by atoms with Gasteiger partial charge in [0.05, 0.1) is 5.69 Å². The van der Waals surface area contributed by atoms with Gasteiger partial charge in [0, 0.05) is 13.0 Å². The van der Waals surface area contributed by atoms with Crippen molar-refractivity contribution in [1.82, 2.24) is 4.98 Å². The maximum Gasteiger partial charge on any atom is 0.227 e. The zero-order chi connectivity index (χ0) is 11.7. The number of carbonyl (C=O) groups excluding carboxylic acids is 1. The van der Waals surface area contributed by atoms with Crippen molar-refractivity contribution in [3.63, 3.8) is 0 Å². The van der Waals surface area contributed by atoms with E-state index in [1.807, 2.05) is 0 Å². The van der Waals surface area contributed by atoms with Crippen LogP contribution in [0.2, 0.25) is 5.15 Å². The Hall–Kier alpha value is -0.650. The molecule has 1 fully saturated rings. The highest BCUT2D eigenvalue weighted by Gasteiger charge is 2.30. The van der Waals surface area contributed by atoms with Crippen LogP contribution in [0, 0.1) is 5.92 Å². The molecule has 4 nitrogen and oxygen atoms in total. The summed E-state index contributed by atoms with van der Waals surface area (Å²) in [6, 6.07) is 3.46. The molecule has 1 aliphatic rings. The average Bonchev–Trinajstić information content (AvgIpc) is 2.60. The summed E-state index contributed by atoms with van der Waals surface area (Å²) in [5.74, 6) is 0.315. The quantitative estimate of drug-likeness (QED) is 0.848. The first-order valence-electron chi connectivity index (χ1n) is 4.94. The van der Waals surface area contributed by atoms with E-state index in [1.165, 1.54) is 0 Å². The molecule has 1 aliphatic heterocycles. The number of nitrogens with two attached hydrogens (primary N) is 1. The topological polar surface area (TPSA) is 59.2 Å². The molecule has 0 bridgehead atoms. The largest absolute Gasteiger partial charge is 0.330 e. The van der Waals surface area contributed by atoms with E-state index in [0.29, 0.717) is 29.3 Å². The smallest absolute Gasteiger partial charge is 0.227 e. The lowest BCUT2D eigenvalue weighted by Gasteiger charge is -2.17. The number of halogens is 2. The maximum absolute atomic E-state index is 11.8. The Bertz CT molecular complexity index is 427. The first-order valence-corrected chi connectivity index (χ1v) is 6.11. The SMILES string of the molecule is NCC1CC(=O)N(c2ccc(Cl)nc2Br)C1. The molecule has 6 heteroatoms. The highest BCUT2D eigenvalue weighted by molar-refractivity contribution is 9.10. The average molecular weight is 305 g/mol. The molecule has 1 aromatic heterocycles. The van der Waals surface area contributed by atoms with E-state index >= 15 is 0 Å². The molecule has 2 N–H and O–H groups in total. The molecule has 0 aromatic carbocycles. The van der Waals surface area contributed by atoms with Gasteiger partial charge in [-0.25, -0.2) is 4.98 Å². The van der Waals surface area contributed by atoms with Crippen molar-refractivity contribution in [2.24, 2.45) is 11.7 Å². The van der Waals surface area contributed by atoms with E-state index in [0.717, 1.165) is 5.69 Å². The minimum Gasteiger partial charge on any atom is -0.330 e. The molecule has 86 valence electrons. The molecule has 2 heterocycles. The second kappa shape index (κ2) is 4.69. The second-order valence-electron chi connectivity index (χ2n) is 3.75. The van der Waals surface area contributed by atoms with Gasteiger partial charge in [-0.3, -0.25) is 4.79 Å². The van der Waals surface area contributed by atoms with Gasteiger partial charge in [0.1, 0.15) is 9.76 Å². The van der Waals surface area contributed by atoms with Crippen LogP contribution < -0.4 is 10.6 Å². The van der Waals surface area contributed by atoms with Gasteiger partial charge >= 0.3 is 0 Å². The lowest BCUT2D eigenvalue weighted by Crippen LogP contribution is -2.26. The fourth-order valence-electron chi connectivity index (χ4n) is 1.78. The van der Waals surface area contributed by atoms with Gasteiger partial charge in [-0.2, -0.15) is 0 Å². The Morgan fingerprint density at radius 3 is 2.94 bits per heavy atom. The third kappa shape index (κ3) is 2.21. The Morgan fingerprint density at radius 2 is 2.38 bits per heavy atom. The molecule has 1 atom stereocenters. The number of nitrogens with zero attached hydrogens (tertiary/aromatic N) is 2. The van der Waals surface area contributed by atoms with Gasteiger partial charge in [-0.05, 0) is 40.5 Å². The van der Waals surface area contributed by atoms with Crippen LogP contribution in [0.5, 0.6) is 0 Å². The van der Waals surface area contributed by atoms with Crippen LogP contribution in [0.3, 0.4) is 0 Å². The number of carbonyl (C=O) groups is 1. The first-order chi connectivity index (χ1) is 7.61. The summed E-state index contributed by atoms with van der Waals surface area (Å²) in [7, 11) is 0. The summed E-state index contributed by atoms with van der Waals surface area (Å²) in [6.45, 7) is 1.18. The number of aromatic nitrogens is 1. The fraction of sp³-hybridized carbons (Fsp3) is 0.400. The molecule has 0 aliphatic carbocycles. The van der Waals surface area contributed by atoms with Crippen LogP contribution in [0.15, 0.2) is 16.7 Å². The lowest BCUT2D eigenvalue weighted by atomic mass is 10.1. The number of amides is 1. The molecule has 0 spiro atoms. The summed E-state index contributed by atoms with van der Waals surface area (Å²) in [4.78, 5) is 17.5. The van der Waals surface area contributed by atoms with Crippen molar-refractivity contribution in [3.05, 3.63) is 21.9 Å². The highest BCUT2D eigenvalue weighted by Crippen LogP contribution is 2.30. The van der Waals surface area contributed by atoms with Crippen LogP contribution in [-0.2, 0) is 4.79 Å². The van der Waals surface area contributed by atoms with Gasteiger partial charge in [0.15, 0.2) is 0 Å². The van der Waals surface area contributed by atoms with Gasteiger partial charge in [0.25, 0.3) is 0 Å². The molecule has 0 saturated carbocycles. The van der Waals surface area contributed by atoms with Gasteiger partial charge in [0.2, 0.25) is 5.91 Å². The molecule has 16 heavy (non-hydrogen) atoms. The van der Waals surface area contributed by atoms with Crippen LogP contribution >= 0.6 is 27.5 Å². The van der Waals surface area contributed by atoms with Crippen LogP contribution in [0.4, 0.5) is 5.69 Å². The molecular formula is C10H11BrClN3O. The van der Waals surface area contributed by atoms with Gasteiger partial charge in [-0.15, -0.1) is 0 Å². The molecule has 2 rings (SSSR count). The predicted molar refractivity (Wildman–Crippen MR) is 66.5 cm³/mol. The van der Waals surface area contributed by atoms with Crippen LogP contribution in [-0.4, -0.2) is 24.0 Å². The fourth-order valence-corrected chi connectivity index (χ4v) is 2.57. The van der Waals surface area contributed by atoms with Crippen molar-refractivity contribution < 1.29 is 4.79 Å². The molecule has 1 unspecified atom stereocenters. The minimum atomic E-state index is 0.0836. The molecular weight excluding hydrogens is 293 g/mol. The predicted octanol–water partition coefficient (Wildman–Crippen LogP) is 1.81. The van der Waals surface area contributed by atoms with Gasteiger partial charge in [-0.1, -0.05) is 11.6 Å². The number of pyridine rings is 1. The number of anilines is 1. The van der Waals surface area contributed by atoms with E-state index in [9.17, 15) is 4.79 Å². The Morgan fingerprint density at radius 1 is 1.62 bits per heavy atom. The van der Waals surface area contributed by atoms with Crippen LogP contribution in [0.1, 0.15) is 6.42 Å². The van der Waals surface area contributed by atoms with E-state index in [-0.39, 0.29) is 11.8 Å². The molecule has 1 saturated heterocycles. The highest BCUT2D eigenvalue weighted by atomic mass is 79.9. The Labute approximate surface area is 107 Å². The normalized spacial score (nSPS) is 20.6. The van der Waals surface area contributed by atoms with E-state index in [1.54, 1.807) is 17.0 Å². The van der Waals surface area contributed by atoms with Crippen LogP contribution in [0.25, 0.3) is 0 Å². The molecule has 1 aromatic rings. The molecule has 1 amide bonds. The lowest BCUT2D eigenvalue weighted by molar-refractivity contribution is -0.117. The van der Waals surface area contributed by atoms with Crippen molar-refractivity contribution in [2.75, 3.05) is 18.0 Å². The summed E-state index contributed by atoms with van der Waals surface area (Å²) in [5.41, 5.74) is 6.33. The van der Waals surface area contributed by atoms with Crippen molar-refractivity contribution in [3.8, 4) is 0 Å². The second-order valence-corrected chi connectivity index (χ2v) is 4.89. The van der Waals surface area contributed by atoms with Crippen molar-refractivity contribution in [1.29, 1.82) is 0 Å². The maximum atomic E-state index is 11.8. The third-order valence-electron chi connectivity index (χ3n) is 2.62. The number of hydrogen-bond donors (Lipinski definition) is 1. The monoisotopic (exact) mass is 303 g/mol. The molecule has 0 radical (unpaired) electrons. The number of hydrogen-bond acceptors (Lipinski definition) is 3. The van der Waals surface area contributed by atoms with E-state index in [4.69, 9.17) is 17.3 Å². The number of rotatable bonds is 2. The first kappa shape index (κ1) is 11.8. The Balaban J connectivity index is 2.28. The summed E-state index contributed by atoms with van der Waals surface area (Å²) >= 11 is 9.06. The van der Waals surface area contributed by atoms with Crippen molar-refractivity contribution >= 4 is 39.1 Å². The van der Waals surface area contributed by atoms with Gasteiger partial charge < -0.3 is 10.6 Å². The Kier molecular flexibility index (Phi) is 3.47.